The Morgan fingerprint density at radius 3 is 1.63 bits per heavy atom. The van der Waals surface area contributed by atoms with Crippen LogP contribution in [0.3, 0.4) is 0 Å². The van der Waals surface area contributed by atoms with Crippen LogP contribution in [0.1, 0.15) is 54.4 Å². The quantitative estimate of drug-likeness (QED) is 0.479. The van der Waals surface area contributed by atoms with E-state index in [1.165, 1.54) is 0 Å². The van der Waals surface area contributed by atoms with E-state index in [4.69, 9.17) is 18.9 Å². The van der Waals surface area contributed by atoms with Gasteiger partial charge in [-0.25, -0.2) is 0 Å². The van der Waals surface area contributed by atoms with Crippen molar-refractivity contribution in [1.82, 2.24) is 0 Å². The minimum Gasteiger partial charge on any atom is -0.460 e. The zero-order chi connectivity index (χ0) is 14.9. The van der Waals surface area contributed by atoms with Gasteiger partial charge in [-0.3, -0.25) is 4.79 Å². The molecule has 5 heteroatoms. The summed E-state index contributed by atoms with van der Waals surface area (Å²) in [7, 11) is 0. The van der Waals surface area contributed by atoms with Crippen LogP contribution in [-0.4, -0.2) is 37.4 Å². The lowest BCUT2D eigenvalue weighted by Gasteiger charge is -2.32. The summed E-state index contributed by atoms with van der Waals surface area (Å²) in [5, 5.41) is 0. The first-order valence-corrected chi connectivity index (χ1v) is 6.92. The van der Waals surface area contributed by atoms with Crippen LogP contribution in [0.5, 0.6) is 0 Å². The van der Waals surface area contributed by atoms with Gasteiger partial charge >= 0.3 is 5.97 Å². The zero-order valence-corrected chi connectivity index (χ0v) is 13.1. The topological polar surface area (TPSA) is 54.0 Å². The second-order valence-corrected chi connectivity index (χ2v) is 5.07. The van der Waals surface area contributed by atoms with Crippen molar-refractivity contribution in [2.45, 2.75) is 66.0 Å². The molecule has 0 amide bonds. The molecule has 0 aliphatic rings. The van der Waals surface area contributed by atoms with Crippen molar-refractivity contribution in [3.63, 3.8) is 0 Å². The molecule has 0 saturated carbocycles. The first-order valence-electron chi connectivity index (χ1n) is 6.92. The molecule has 0 aliphatic heterocycles. The van der Waals surface area contributed by atoms with E-state index in [0.717, 1.165) is 0 Å². The van der Waals surface area contributed by atoms with Gasteiger partial charge < -0.3 is 18.9 Å². The maximum atomic E-state index is 11.7. The maximum Gasteiger partial charge on any atom is 0.306 e. The lowest BCUT2D eigenvalue weighted by molar-refractivity contribution is -0.379. The van der Waals surface area contributed by atoms with Crippen LogP contribution in [0.25, 0.3) is 0 Å². The molecule has 0 aromatic carbocycles. The molecule has 114 valence electrons. The molecule has 0 heterocycles. The predicted octanol–water partition coefficient (Wildman–Crippen LogP) is 2.87. The maximum absolute atomic E-state index is 11.7. The summed E-state index contributed by atoms with van der Waals surface area (Å²) in [5.74, 6) is -1.43. The third-order valence-corrected chi connectivity index (χ3v) is 2.15. The van der Waals surface area contributed by atoms with Crippen molar-refractivity contribution in [3.8, 4) is 0 Å². The Balaban J connectivity index is 4.50. The fourth-order valence-electron chi connectivity index (χ4n) is 1.65. The summed E-state index contributed by atoms with van der Waals surface area (Å²) < 4.78 is 21.9. The molecule has 0 spiro atoms. The third-order valence-electron chi connectivity index (χ3n) is 2.15. The van der Waals surface area contributed by atoms with Crippen LogP contribution in [0.2, 0.25) is 0 Å². The van der Waals surface area contributed by atoms with Gasteiger partial charge in [0.1, 0.15) is 5.60 Å². The summed E-state index contributed by atoms with van der Waals surface area (Å²) in [5.41, 5.74) is -0.484. The van der Waals surface area contributed by atoms with Crippen LogP contribution >= 0.6 is 0 Å². The fourth-order valence-corrected chi connectivity index (χ4v) is 1.65. The standard InChI is InChI=1S/C14H28O5/c1-7-16-14(17-8-2,18-9-3)11-10-12(15)19-13(4,5)6/h7-11H2,1-6H3. The number of rotatable bonds is 9. The Hall–Kier alpha value is -0.650. The van der Waals surface area contributed by atoms with Gasteiger partial charge in [0.2, 0.25) is 0 Å². The van der Waals surface area contributed by atoms with Crippen LogP contribution in [0.4, 0.5) is 0 Å². The second-order valence-electron chi connectivity index (χ2n) is 5.07. The molecule has 0 aliphatic carbocycles. The van der Waals surface area contributed by atoms with Crippen LogP contribution < -0.4 is 0 Å². The molecule has 0 bridgehead atoms. The van der Waals surface area contributed by atoms with Gasteiger partial charge in [-0.1, -0.05) is 0 Å². The van der Waals surface area contributed by atoms with E-state index in [1.807, 2.05) is 41.5 Å². The Labute approximate surface area is 116 Å². The van der Waals surface area contributed by atoms with E-state index >= 15 is 0 Å². The van der Waals surface area contributed by atoms with Gasteiger partial charge in [0, 0.05) is 26.2 Å². The summed E-state index contributed by atoms with van der Waals surface area (Å²) in [6.07, 6.45) is 0.509. The van der Waals surface area contributed by atoms with Crippen molar-refractivity contribution >= 4 is 5.97 Å². The van der Waals surface area contributed by atoms with Crippen molar-refractivity contribution in [2.75, 3.05) is 19.8 Å². The molecule has 0 unspecified atom stereocenters. The highest BCUT2D eigenvalue weighted by molar-refractivity contribution is 5.69. The van der Waals surface area contributed by atoms with Gasteiger partial charge in [-0.15, -0.1) is 0 Å². The molecule has 0 radical (unpaired) electrons. The highest BCUT2D eigenvalue weighted by Gasteiger charge is 2.33. The number of hydrogen-bond donors (Lipinski definition) is 0. The zero-order valence-electron chi connectivity index (χ0n) is 13.1. The van der Waals surface area contributed by atoms with Crippen molar-refractivity contribution < 1.29 is 23.7 Å². The predicted molar refractivity (Wildman–Crippen MR) is 72.7 cm³/mol. The molecule has 0 atom stereocenters. The number of carbonyl (C=O) groups excluding carboxylic acids is 1. The highest BCUT2D eigenvalue weighted by atomic mass is 16.9. The Bertz CT molecular complexity index is 240. The SMILES string of the molecule is CCOC(CCC(=O)OC(C)(C)C)(OCC)OCC. The molecule has 19 heavy (non-hydrogen) atoms. The molecule has 0 aromatic heterocycles. The second kappa shape index (κ2) is 8.51. The van der Waals surface area contributed by atoms with E-state index in [-0.39, 0.29) is 12.4 Å². The van der Waals surface area contributed by atoms with Crippen LogP contribution in [0, 0.1) is 0 Å². The molecule has 0 fully saturated rings. The van der Waals surface area contributed by atoms with Gasteiger partial charge in [0.25, 0.3) is 5.97 Å². The minimum absolute atomic E-state index is 0.192. The molecule has 0 rings (SSSR count). The van der Waals surface area contributed by atoms with E-state index in [9.17, 15) is 4.79 Å². The largest absolute Gasteiger partial charge is 0.460 e. The first-order chi connectivity index (χ1) is 8.78. The third kappa shape index (κ3) is 8.18. The molecule has 0 aromatic rings. The highest BCUT2D eigenvalue weighted by Crippen LogP contribution is 2.23. The number of hydrogen-bond acceptors (Lipinski definition) is 5. The number of carbonyl (C=O) groups is 1. The van der Waals surface area contributed by atoms with Gasteiger partial charge in [-0.05, 0) is 41.5 Å². The lowest BCUT2D eigenvalue weighted by Crippen LogP contribution is -2.40. The molecule has 0 saturated heterocycles. The van der Waals surface area contributed by atoms with Crippen molar-refractivity contribution in [2.24, 2.45) is 0 Å². The first kappa shape index (κ1) is 18.4. The van der Waals surface area contributed by atoms with E-state index < -0.39 is 11.6 Å². The smallest absolute Gasteiger partial charge is 0.306 e. The molecular formula is C14H28O5. The van der Waals surface area contributed by atoms with Crippen molar-refractivity contribution in [1.29, 1.82) is 0 Å². The van der Waals surface area contributed by atoms with E-state index in [0.29, 0.717) is 26.2 Å². The summed E-state index contributed by atoms with van der Waals surface area (Å²) in [6, 6.07) is 0. The fraction of sp³-hybridized carbons (Fsp3) is 0.929. The van der Waals surface area contributed by atoms with Crippen LogP contribution in [-0.2, 0) is 23.7 Å². The van der Waals surface area contributed by atoms with Gasteiger partial charge in [-0.2, -0.15) is 0 Å². The van der Waals surface area contributed by atoms with Gasteiger partial charge in [0.15, 0.2) is 0 Å². The normalized spacial score (nSPS) is 12.5. The Morgan fingerprint density at radius 1 is 0.895 bits per heavy atom. The van der Waals surface area contributed by atoms with E-state index in [2.05, 4.69) is 0 Å². The average molecular weight is 276 g/mol. The molecule has 5 nitrogen and oxygen atoms in total. The molecular weight excluding hydrogens is 248 g/mol. The summed E-state index contributed by atoms with van der Waals surface area (Å²) in [4.78, 5) is 11.7. The molecule has 0 N–H and O–H groups in total. The number of ether oxygens (including phenoxy) is 4. The number of esters is 1. The van der Waals surface area contributed by atoms with Crippen molar-refractivity contribution in [3.05, 3.63) is 0 Å². The van der Waals surface area contributed by atoms with Gasteiger partial charge in [0.05, 0.1) is 6.42 Å². The summed E-state index contributed by atoms with van der Waals surface area (Å²) in [6.45, 7) is 12.5. The Morgan fingerprint density at radius 2 is 1.32 bits per heavy atom. The monoisotopic (exact) mass is 276 g/mol. The summed E-state index contributed by atoms with van der Waals surface area (Å²) >= 11 is 0. The van der Waals surface area contributed by atoms with Crippen LogP contribution in [0.15, 0.2) is 0 Å². The lowest BCUT2D eigenvalue weighted by atomic mass is 10.2. The Kier molecular flexibility index (Phi) is 8.22. The minimum atomic E-state index is -1.14. The average Bonchev–Trinajstić information content (AvgIpc) is 2.25. The van der Waals surface area contributed by atoms with E-state index in [1.54, 1.807) is 0 Å².